The van der Waals surface area contributed by atoms with Crippen LogP contribution < -0.4 is 4.74 Å². The van der Waals surface area contributed by atoms with Gasteiger partial charge in [-0.05, 0) is 39.8 Å². The molecule has 1 aromatic carbocycles. The monoisotopic (exact) mass is 332 g/mol. The summed E-state index contributed by atoms with van der Waals surface area (Å²) in [5, 5.41) is 0.320. The van der Waals surface area contributed by atoms with Crippen LogP contribution in [0, 0.1) is 11.6 Å². The molecule has 0 saturated carbocycles. The molecule has 0 unspecified atom stereocenters. The van der Waals surface area contributed by atoms with Crippen LogP contribution >= 0.6 is 27.7 Å². The zero-order valence-electron chi connectivity index (χ0n) is 9.15. The van der Waals surface area contributed by atoms with Gasteiger partial charge in [-0.1, -0.05) is 0 Å². The second-order valence-corrected chi connectivity index (χ2v) is 5.05. The minimum atomic E-state index is -0.648. The maximum absolute atomic E-state index is 13.4. The molecule has 1 heterocycles. The van der Waals surface area contributed by atoms with Gasteiger partial charge in [0, 0.05) is 12.3 Å². The molecule has 2 aromatic rings. The normalized spacial score (nSPS) is 10.4. The fourth-order valence-corrected chi connectivity index (χ4v) is 2.26. The van der Waals surface area contributed by atoms with E-state index >= 15 is 0 Å². The van der Waals surface area contributed by atoms with Crippen molar-refractivity contribution in [1.29, 1.82) is 0 Å². The number of nitrogens with zero attached hydrogens (tertiary/aromatic N) is 2. The van der Waals surface area contributed by atoms with E-state index in [0.717, 1.165) is 17.8 Å². The Kier molecular flexibility index (Phi) is 4.13. The molecule has 0 N–H and O–H groups in total. The molecule has 2 rings (SSSR count). The molecule has 18 heavy (non-hydrogen) atoms. The number of benzene rings is 1. The fourth-order valence-electron chi connectivity index (χ4n) is 1.18. The Morgan fingerprint density at radius 2 is 2.11 bits per heavy atom. The second kappa shape index (κ2) is 5.62. The van der Waals surface area contributed by atoms with Gasteiger partial charge in [0.2, 0.25) is 5.88 Å². The van der Waals surface area contributed by atoms with Gasteiger partial charge in [-0.25, -0.2) is 13.8 Å². The lowest BCUT2D eigenvalue weighted by atomic mass is 10.3. The maximum Gasteiger partial charge on any atom is 0.231 e. The summed E-state index contributed by atoms with van der Waals surface area (Å²) >= 11 is 4.21. The Labute approximate surface area is 115 Å². The van der Waals surface area contributed by atoms with Crippen LogP contribution in [0.5, 0.6) is 5.88 Å². The van der Waals surface area contributed by atoms with E-state index in [1.54, 1.807) is 0 Å². The molecule has 0 bridgehead atoms. The number of ether oxygens (including phenoxy) is 1. The maximum atomic E-state index is 13.4. The van der Waals surface area contributed by atoms with E-state index in [0.29, 0.717) is 15.5 Å². The first-order valence-electron chi connectivity index (χ1n) is 4.79. The lowest BCUT2D eigenvalue weighted by Gasteiger charge is -2.05. The molecule has 94 valence electrons. The van der Waals surface area contributed by atoms with Gasteiger partial charge in [-0.3, -0.25) is 0 Å². The Hall–Kier alpha value is -1.21. The summed E-state index contributed by atoms with van der Waals surface area (Å²) in [4.78, 5) is 8.33. The third-order valence-electron chi connectivity index (χ3n) is 1.98. The average Bonchev–Trinajstić information content (AvgIpc) is 2.35. The third-order valence-corrected chi connectivity index (χ3v) is 3.45. The minimum Gasteiger partial charge on any atom is -0.480 e. The Bertz CT molecular complexity index is 583. The van der Waals surface area contributed by atoms with Gasteiger partial charge in [-0.2, -0.15) is 4.98 Å². The lowest BCUT2D eigenvalue weighted by Crippen LogP contribution is -1.94. The molecule has 1 aromatic heterocycles. The highest BCUT2D eigenvalue weighted by Crippen LogP contribution is 2.30. The Balaban J connectivity index is 2.28. The third kappa shape index (κ3) is 2.97. The summed E-state index contributed by atoms with van der Waals surface area (Å²) in [7, 11) is 1.47. The smallest absolute Gasteiger partial charge is 0.231 e. The quantitative estimate of drug-likeness (QED) is 0.803. The van der Waals surface area contributed by atoms with Crippen molar-refractivity contribution in [2.75, 3.05) is 7.11 Å². The van der Waals surface area contributed by atoms with Crippen LogP contribution in [-0.2, 0) is 0 Å². The number of halogens is 3. The van der Waals surface area contributed by atoms with Crippen LogP contribution in [0.3, 0.4) is 0 Å². The van der Waals surface area contributed by atoms with Gasteiger partial charge in [0.25, 0.3) is 0 Å². The number of hydrogen-bond donors (Lipinski definition) is 0. The van der Waals surface area contributed by atoms with Crippen molar-refractivity contribution >= 4 is 27.7 Å². The van der Waals surface area contributed by atoms with Crippen molar-refractivity contribution in [3.8, 4) is 5.88 Å². The van der Waals surface area contributed by atoms with Crippen LogP contribution in [0.25, 0.3) is 0 Å². The first-order chi connectivity index (χ1) is 8.60. The molecule has 0 saturated heterocycles. The predicted octanol–water partition coefficient (Wildman–Crippen LogP) is 3.68. The topological polar surface area (TPSA) is 35.0 Å². The van der Waals surface area contributed by atoms with Crippen molar-refractivity contribution in [1.82, 2.24) is 9.97 Å². The van der Waals surface area contributed by atoms with E-state index in [1.807, 2.05) is 0 Å². The predicted molar refractivity (Wildman–Crippen MR) is 66.8 cm³/mol. The second-order valence-electron chi connectivity index (χ2n) is 3.19. The SMILES string of the molecule is COc1nc(Sc2ccc(F)cc2F)ncc1Br. The highest BCUT2D eigenvalue weighted by molar-refractivity contribution is 9.10. The van der Waals surface area contributed by atoms with Crippen molar-refractivity contribution < 1.29 is 13.5 Å². The number of aromatic nitrogens is 2. The molecule has 0 aliphatic rings. The van der Waals surface area contributed by atoms with Crippen molar-refractivity contribution in [3.05, 3.63) is 40.5 Å². The molecular weight excluding hydrogens is 326 g/mol. The van der Waals surface area contributed by atoms with Crippen LogP contribution in [0.4, 0.5) is 8.78 Å². The molecule has 7 heteroatoms. The highest BCUT2D eigenvalue weighted by Gasteiger charge is 2.10. The van der Waals surface area contributed by atoms with Crippen LogP contribution in [0.2, 0.25) is 0 Å². The minimum absolute atomic E-state index is 0.251. The van der Waals surface area contributed by atoms with Gasteiger partial charge in [0.15, 0.2) is 5.16 Å². The largest absolute Gasteiger partial charge is 0.480 e. The summed E-state index contributed by atoms with van der Waals surface area (Å²) in [5.74, 6) is -0.910. The first-order valence-corrected chi connectivity index (χ1v) is 6.40. The summed E-state index contributed by atoms with van der Waals surface area (Å²) in [5.41, 5.74) is 0. The van der Waals surface area contributed by atoms with E-state index < -0.39 is 11.6 Å². The number of hydrogen-bond acceptors (Lipinski definition) is 4. The van der Waals surface area contributed by atoms with Crippen molar-refractivity contribution in [2.45, 2.75) is 10.1 Å². The standard InChI is InChI=1S/C11H7BrF2N2OS/c1-17-10-7(12)5-15-11(16-10)18-9-3-2-6(13)4-8(9)14/h2-5H,1H3. The van der Waals surface area contributed by atoms with Crippen LogP contribution in [0.1, 0.15) is 0 Å². The molecule has 0 atom stereocenters. The fraction of sp³-hybridized carbons (Fsp3) is 0.0909. The summed E-state index contributed by atoms with van der Waals surface area (Å²) in [6.07, 6.45) is 1.51. The summed E-state index contributed by atoms with van der Waals surface area (Å²) in [6.45, 7) is 0. The van der Waals surface area contributed by atoms with E-state index in [2.05, 4.69) is 25.9 Å². The van der Waals surface area contributed by atoms with Gasteiger partial charge in [0.1, 0.15) is 11.6 Å². The average molecular weight is 333 g/mol. The van der Waals surface area contributed by atoms with Crippen molar-refractivity contribution in [2.24, 2.45) is 0 Å². The molecule has 0 aliphatic carbocycles. The van der Waals surface area contributed by atoms with E-state index in [4.69, 9.17) is 4.74 Å². The van der Waals surface area contributed by atoms with Crippen LogP contribution in [0.15, 0.2) is 38.9 Å². The van der Waals surface area contributed by atoms with Gasteiger partial charge < -0.3 is 4.74 Å². The molecular formula is C11H7BrF2N2OS. The summed E-state index contributed by atoms with van der Waals surface area (Å²) in [6, 6.07) is 3.34. The molecule has 0 aliphatic heterocycles. The highest BCUT2D eigenvalue weighted by atomic mass is 79.9. The zero-order valence-corrected chi connectivity index (χ0v) is 11.6. The Morgan fingerprint density at radius 3 is 2.78 bits per heavy atom. The van der Waals surface area contributed by atoms with E-state index in [9.17, 15) is 8.78 Å². The molecule has 3 nitrogen and oxygen atoms in total. The lowest BCUT2D eigenvalue weighted by molar-refractivity contribution is 0.389. The molecule has 0 amide bonds. The summed E-state index contributed by atoms with van der Waals surface area (Å²) < 4.78 is 31.8. The van der Waals surface area contributed by atoms with Gasteiger partial charge in [0.05, 0.1) is 16.5 Å². The van der Waals surface area contributed by atoms with E-state index in [1.165, 1.54) is 25.4 Å². The molecule has 0 radical (unpaired) electrons. The Morgan fingerprint density at radius 1 is 1.33 bits per heavy atom. The van der Waals surface area contributed by atoms with Crippen LogP contribution in [-0.4, -0.2) is 17.1 Å². The van der Waals surface area contributed by atoms with Crippen molar-refractivity contribution in [3.63, 3.8) is 0 Å². The van der Waals surface area contributed by atoms with E-state index in [-0.39, 0.29) is 4.90 Å². The first kappa shape index (κ1) is 13.2. The molecule has 0 spiro atoms. The van der Waals surface area contributed by atoms with Gasteiger partial charge in [-0.15, -0.1) is 0 Å². The van der Waals surface area contributed by atoms with Gasteiger partial charge >= 0.3 is 0 Å². The zero-order chi connectivity index (χ0) is 13.1. The number of rotatable bonds is 3. The molecule has 0 fully saturated rings. The number of methoxy groups -OCH3 is 1.